The number of aryl methyl sites for hydroxylation is 1. The molecule has 0 atom stereocenters. The van der Waals surface area contributed by atoms with Crippen LogP contribution in [0.1, 0.15) is 26.4 Å². The van der Waals surface area contributed by atoms with Crippen LogP contribution in [0.25, 0.3) is 11.4 Å². The predicted octanol–water partition coefficient (Wildman–Crippen LogP) is 2.61. The molecule has 0 aromatic carbocycles. The van der Waals surface area contributed by atoms with Gasteiger partial charge in [-0.2, -0.15) is 0 Å². The van der Waals surface area contributed by atoms with Crippen molar-refractivity contribution in [2.45, 2.75) is 6.92 Å². The Kier molecular flexibility index (Phi) is 4.28. The Bertz CT molecular complexity index is 709. The summed E-state index contributed by atoms with van der Waals surface area (Å²) in [6.45, 7) is 1.66. The third kappa shape index (κ3) is 2.75. The summed E-state index contributed by atoms with van der Waals surface area (Å²) in [6.07, 6.45) is 0. The van der Waals surface area contributed by atoms with Gasteiger partial charge < -0.3 is 14.5 Å². The second-order valence-electron chi connectivity index (χ2n) is 4.20. The van der Waals surface area contributed by atoms with Crippen LogP contribution in [0.4, 0.5) is 0 Å². The molecular formula is C14H13ClN2O4. The van der Waals surface area contributed by atoms with Crippen molar-refractivity contribution < 1.29 is 19.1 Å². The van der Waals surface area contributed by atoms with Crippen molar-refractivity contribution in [2.24, 2.45) is 0 Å². The number of halogens is 1. The highest BCUT2D eigenvalue weighted by molar-refractivity contribution is 6.29. The number of methoxy groups -OCH3 is 2. The maximum atomic E-state index is 12.0. The van der Waals surface area contributed by atoms with E-state index >= 15 is 0 Å². The number of rotatable bonds is 3. The van der Waals surface area contributed by atoms with E-state index in [-0.39, 0.29) is 16.3 Å². The molecule has 0 fully saturated rings. The van der Waals surface area contributed by atoms with Crippen molar-refractivity contribution in [3.05, 3.63) is 40.2 Å². The Morgan fingerprint density at radius 2 is 1.76 bits per heavy atom. The van der Waals surface area contributed by atoms with Crippen molar-refractivity contribution >= 4 is 23.5 Å². The van der Waals surface area contributed by atoms with Crippen molar-refractivity contribution in [3.63, 3.8) is 0 Å². The first-order valence-electron chi connectivity index (χ1n) is 6.01. The van der Waals surface area contributed by atoms with E-state index in [0.29, 0.717) is 17.1 Å². The molecule has 21 heavy (non-hydrogen) atoms. The van der Waals surface area contributed by atoms with Crippen LogP contribution in [0.3, 0.4) is 0 Å². The van der Waals surface area contributed by atoms with Gasteiger partial charge in [0.25, 0.3) is 0 Å². The Labute approximate surface area is 126 Å². The van der Waals surface area contributed by atoms with Crippen molar-refractivity contribution in [3.8, 4) is 11.4 Å². The normalized spacial score (nSPS) is 10.3. The van der Waals surface area contributed by atoms with Gasteiger partial charge in [0.2, 0.25) is 0 Å². The monoisotopic (exact) mass is 308 g/mol. The highest BCUT2D eigenvalue weighted by Crippen LogP contribution is 2.29. The summed E-state index contributed by atoms with van der Waals surface area (Å²) in [5, 5.41) is 0.273. The average Bonchev–Trinajstić information content (AvgIpc) is 2.83. The van der Waals surface area contributed by atoms with Crippen molar-refractivity contribution in [1.82, 2.24) is 9.97 Å². The summed E-state index contributed by atoms with van der Waals surface area (Å²) < 4.78 is 9.46. The average molecular weight is 309 g/mol. The summed E-state index contributed by atoms with van der Waals surface area (Å²) in [5.74, 6) is -1.28. The number of ether oxygens (including phenoxy) is 2. The number of aromatic nitrogens is 2. The summed E-state index contributed by atoms with van der Waals surface area (Å²) in [5.41, 5.74) is 1.49. The molecule has 6 nitrogen and oxygen atoms in total. The molecule has 0 aliphatic carbocycles. The number of pyridine rings is 1. The molecule has 1 N–H and O–H groups in total. The molecule has 2 aromatic heterocycles. The van der Waals surface area contributed by atoms with E-state index in [0.717, 1.165) is 0 Å². The zero-order valence-corrected chi connectivity index (χ0v) is 12.4. The zero-order valence-electron chi connectivity index (χ0n) is 11.7. The molecule has 0 radical (unpaired) electrons. The van der Waals surface area contributed by atoms with Crippen LogP contribution in [-0.2, 0) is 9.47 Å². The highest BCUT2D eigenvalue weighted by atomic mass is 35.5. The number of H-pyrrole nitrogens is 1. The van der Waals surface area contributed by atoms with E-state index in [9.17, 15) is 9.59 Å². The third-order valence-electron chi connectivity index (χ3n) is 2.94. The number of esters is 2. The van der Waals surface area contributed by atoms with E-state index in [2.05, 4.69) is 9.97 Å². The van der Waals surface area contributed by atoms with Crippen molar-refractivity contribution in [1.29, 1.82) is 0 Å². The summed E-state index contributed by atoms with van der Waals surface area (Å²) >= 11 is 5.86. The number of carbonyl (C=O) groups excluding carboxylic acids is 2. The lowest BCUT2D eigenvalue weighted by atomic mass is 10.1. The molecule has 0 bridgehead atoms. The number of carbonyl (C=O) groups is 2. The van der Waals surface area contributed by atoms with Crippen LogP contribution in [0.15, 0.2) is 18.2 Å². The topological polar surface area (TPSA) is 81.3 Å². The molecule has 0 spiro atoms. The Morgan fingerprint density at radius 1 is 1.14 bits per heavy atom. The minimum atomic E-state index is -0.656. The van der Waals surface area contributed by atoms with Crippen LogP contribution >= 0.6 is 11.6 Å². The predicted molar refractivity (Wildman–Crippen MR) is 76.4 cm³/mol. The SMILES string of the molecule is COC(=O)c1c(C)[nH]c(-c2cccc(Cl)n2)c1C(=O)OC. The number of hydrogen-bond acceptors (Lipinski definition) is 5. The fraction of sp³-hybridized carbons (Fsp3) is 0.214. The zero-order chi connectivity index (χ0) is 15.6. The standard InChI is InChI=1S/C14H13ClN2O4/c1-7-10(13(18)20-2)11(14(19)21-3)12(16-7)8-5-4-6-9(15)17-8/h4-6,16H,1-3H3. The van der Waals surface area contributed by atoms with E-state index in [1.165, 1.54) is 14.2 Å². The molecule has 0 saturated heterocycles. The second kappa shape index (κ2) is 5.97. The molecule has 0 amide bonds. The molecule has 0 aliphatic heterocycles. The van der Waals surface area contributed by atoms with Gasteiger partial charge in [-0.05, 0) is 19.1 Å². The van der Waals surface area contributed by atoms with Crippen LogP contribution in [0, 0.1) is 6.92 Å². The number of aromatic amines is 1. The minimum absolute atomic E-state index is 0.0802. The van der Waals surface area contributed by atoms with Gasteiger partial charge in [0.15, 0.2) is 0 Å². The molecule has 2 aromatic rings. The molecule has 2 heterocycles. The Balaban J connectivity index is 2.72. The first-order chi connectivity index (χ1) is 9.99. The van der Waals surface area contributed by atoms with Crippen LogP contribution in [0.2, 0.25) is 5.15 Å². The fourth-order valence-corrected chi connectivity index (χ4v) is 2.19. The molecular weight excluding hydrogens is 296 g/mol. The van der Waals surface area contributed by atoms with Gasteiger partial charge in [-0.15, -0.1) is 0 Å². The maximum Gasteiger partial charge on any atom is 0.341 e. The largest absolute Gasteiger partial charge is 0.465 e. The lowest BCUT2D eigenvalue weighted by molar-refractivity contribution is 0.0556. The maximum absolute atomic E-state index is 12.0. The van der Waals surface area contributed by atoms with Gasteiger partial charge >= 0.3 is 11.9 Å². The second-order valence-corrected chi connectivity index (χ2v) is 4.59. The molecule has 2 rings (SSSR count). The number of nitrogens with zero attached hydrogens (tertiary/aromatic N) is 1. The summed E-state index contributed by atoms with van der Waals surface area (Å²) in [6, 6.07) is 4.98. The van der Waals surface area contributed by atoms with Gasteiger partial charge in [0.05, 0.1) is 31.2 Å². The van der Waals surface area contributed by atoms with E-state index in [1.54, 1.807) is 25.1 Å². The van der Waals surface area contributed by atoms with Crippen LogP contribution in [-0.4, -0.2) is 36.1 Å². The fourth-order valence-electron chi connectivity index (χ4n) is 2.03. The first kappa shape index (κ1) is 15.1. The Morgan fingerprint density at radius 3 is 2.33 bits per heavy atom. The van der Waals surface area contributed by atoms with E-state index < -0.39 is 11.9 Å². The molecule has 0 saturated carbocycles. The lowest BCUT2D eigenvalue weighted by Gasteiger charge is -2.05. The van der Waals surface area contributed by atoms with Crippen LogP contribution in [0.5, 0.6) is 0 Å². The van der Waals surface area contributed by atoms with Crippen molar-refractivity contribution in [2.75, 3.05) is 14.2 Å². The molecule has 7 heteroatoms. The first-order valence-corrected chi connectivity index (χ1v) is 6.39. The smallest absolute Gasteiger partial charge is 0.341 e. The van der Waals surface area contributed by atoms with Gasteiger partial charge in [-0.25, -0.2) is 14.6 Å². The molecule has 0 aliphatic rings. The summed E-state index contributed by atoms with van der Waals surface area (Å²) in [4.78, 5) is 31.0. The van der Waals surface area contributed by atoms with E-state index in [1.807, 2.05) is 0 Å². The number of hydrogen-bond donors (Lipinski definition) is 1. The molecule has 110 valence electrons. The van der Waals surface area contributed by atoms with Gasteiger partial charge in [-0.3, -0.25) is 0 Å². The van der Waals surface area contributed by atoms with Gasteiger partial charge in [0, 0.05) is 5.69 Å². The molecule has 0 unspecified atom stereocenters. The quantitative estimate of drug-likeness (QED) is 0.696. The minimum Gasteiger partial charge on any atom is -0.465 e. The van der Waals surface area contributed by atoms with Gasteiger partial charge in [-0.1, -0.05) is 17.7 Å². The lowest BCUT2D eigenvalue weighted by Crippen LogP contribution is -2.11. The van der Waals surface area contributed by atoms with Crippen LogP contribution < -0.4 is 0 Å². The number of nitrogens with one attached hydrogen (secondary N) is 1. The summed E-state index contributed by atoms with van der Waals surface area (Å²) in [7, 11) is 2.48. The highest BCUT2D eigenvalue weighted by Gasteiger charge is 2.28. The van der Waals surface area contributed by atoms with Gasteiger partial charge in [0.1, 0.15) is 10.7 Å². The third-order valence-corrected chi connectivity index (χ3v) is 3.15. The Hall–Kier alpha value is -2.34. The van der Waals surface area contributed by atoms with E-state index in [4.69, 9.17) is 21.1 Å².